The smallest absolute Gasteiger partial charge is 0.340 e. The molecule has 1 fully saturated rings. The third-order valence-electron chi connectivity index (χ3n) is 4.14. The van der Waals surface area contributed by atoms with Gasteiger partial charge in [0.15, 0.2) is 0 Å². The monoisotopic (exact) mass is 348 g/mol. The van der Waals surface area contributed by atoms with Gasteiger partial charge in [-0.25, -0.2) is 9.59 Å². The number of carbonyl (C=O) groups excluding carboxylic acids is 2. The molecule has 0 spiro atoms. The van der Waals surface area contributed by atoms with Gasteiger partial charge in [0.05, 0.1) is 17.9 Å². The maximum Gasteiger partial charge on any atom is 0.340 e. The van der Waals surface area contributed by atoms with Crippen molar-refractivity contribution in [3.05, 3.63) is 29.8 Å². The number of ether oxygens (including phenoxy) is 1. The lowest BCUT2D eigenvalue weighted by molar-refractivity contribution is 0.0527. The van der Waals surface area contributed by atoms with Gasteiger partial charge in [-0.1, -0.05) is 12.1 Å². The molecule has 2 rings (SSSR count). The maximum absolute atomic E-state index is 12.2. The highest BCUT2D eigenvalue weighted by Crippen LogP contribution is 2.22. The quantitative estimate of drug-likeness (QED) is 0.784. The molecule has 1 aliphatic heterocycles. The zero-order valence-corrected chi connectivity index (χ0v) is 15.3. The van der Waals surface area contributed by atoms with Crippen LogP contribution >= 0.6 is 0 Å². The number of piperazine rings is 1. The van der Waals surface area contributed by atoms with Crippen molar-refractivity contribution in [2.75, 3.05) is 64.9 Å². The molecule has 0 aromatic heterocycles. The van der Waals surface area contributed by atoms with E-state index in [1.807, 2.05) is 42.1 Å². The van der Waals surface area contributed by atoms with E-state index < -0.39 is 0 Å². The van der Waals surface area contributed by atoms with Crippen LogP contribution in [0.25, 0.3) is 0 Å². The lowest BCUT2D eigenvalue weighted by Crippen LogP contribution is -2.52. The van der Waals surface area contributed by atoms with Gasteiger partial charge in [0, 0.05) is 39.3 Å². The largest absolute Gasteiger partial charge is 0.462 e. The van der Waals surface area contributed by atoms with Crippen LogP contribution in [0.3, 0.4) is 0 Å². The van der Waals surface area contributed by atoms with Crippen molar-refractivity contribution in [1.29, 1.82) is 0 Å². The third kappa shape index (κ3) is 5.35. The maximum atomic E-state index is 12.2. The summed E-state index contributed by atoms with van der Waals surface area (Å²) in [5, 5.41) is 2.94. The molecule has 0 unspecified atom stereocenters. The zero-order valence-electron chi connectivity index (χ0n) is 15.3. The highest BCUT2D eigenvalue weighted by molar-refractivity contribution is 5.96. The Labute approximate surface area is 149 Å². The minimum atomic E-state index is -0.304. The average molecular weight is 348 g/mol. The molecular weight excluding hydrogens is 320 g/mol. The fourth-order valence-corrected chi connectivity index (χ4v) is 2.78. The predicted molar refractivity (Wildman–Crippen MR) is 98.1 cm³/mol. The third-order valence-corrected chi connectivity index (χ3v) is 4.14. The van der Waals surface area contributed by atoms with E-state index in [9.17, 15) is 9.59 Å². The molecule has 1 aromatic rings. The van der Waals surface area contributed by atoms with E-state index in [2.05, 4.69) is 10.2 Å². The first-order valence-electron chi connectivity index (χ1n) is 8.71. The van der Waals surface area contributed by atoms with Crippen LogP contribution in [0.5, 0.6) is 0 Å². The molecule has 1 heterocycles. The van der Waals surface area contributed by atoms with E-state index in [1.165, 1.54) is 0 Å². The Bertz CT molecular complexity index is 583. The number of rotatable bonds is 6. The first-order valence-corrected chi connectivity index (χ1v) is 8.71. The Kier molecular flexibility index (Phi) is 7.06. The molecule has 0 radical (unpaired) electrons. The number of hydrogen-bond donors (Lipinski definition) is 1. The van der Waals surface area contributed by atoms with Crippen LogP contribution < -0.4 is 10.2 Å². The number of nitrogens with one attached hydrogen (secondary N) is 1. The number of likely N-dealkylation sites (N-methyl/N-ethyl adjacent to an activating group) is 1. The number of urea groups is 1. The SMILES string of the molecule is CCOC(=O)c1ccccc1N1CCN(C(=O)NCCN(C)C)CC1. The number of benzene rings is 1. The molecule has 1 saturated heterocycles. The van der Waals surface area contributed by atoms with E-state index in [4.69, 9.17) is 4.74 Å². The second kappa shape index (κ2) is 9.27. The number of hydrogen-bond acceptors (Lipinski definition) is 5. The standard InChI is InChI=1S/C18H28N4O3/c1-4-25-17(23)15-7-5-6-8-16(15)21-11-13-22(14-12-21)18(24)19-9-10-20(2)3/h5-8H,4,9-14H2,1-3H3,(H,19,24). The Morgan fingerprint density at radius 2 is 1.84 bits per heavy atom. The number of carbonyl (C=O) groups is 2. The number of nitrogens with zero attached hydrogens (tertiary/aromatic N) is 3. The van der Waals surface area contributed by atoms with Crippen LogP contribution in [0, 0.1) is 0 Å². The molecule has 2 amide bonds. The fraction of sp³-hybridized carbons (Fsp3) is 0.556. The highest BCUT2D eigenvalue weighted by Gasteiger charge is 2.24. The summed E-state index contributed by atoms with van der Waals surface area (Å²) in [6, 6.07) is 7.44. The Morgan fingerprint density at radius 3 is 2.48 bits per heavy atom. The van der Waals surface area contributed by atoms with Crippen LogP contribution in [0.2, 0.25) is 0 Å². The molecule has 138 valence electrons. The second-order valence-corrected chi connectivity index (χ2v) is 6.25. The van der Waals surface area contributed by atoms with E-state index in [0.29, 0.717) is 44.9 Å². The molecule has 1 N–H and O–H groups in total. The number of para-hydroxylation sites is 1. The van der Waals surface area contributed by atoms with Crippen molar-refractivity contribution >= 4 is 17.7 Å². The lowest BCUT2D eigenvalue weighted by atomic mass is 10.1. The summed E-state index contributed by atoms with van der Waals surface area (Å²) in [6.07, 6.45) is 0. The van der Waals surface area contributed by atoms with Crippen LogP contribution in [0.4, 0.5) is 10.5 Å². The summed E-state index contributed by atoms with van der Waals surface area (Å²) in [6.45, 7) is 6.25. The average Bonchev–Trinajstić information content (AvgIpc) is 2.61. The van der Waals surface area contributed by atoms with E-state index in [1.54, 1.807) is 13.0 Å². The Morgan fingerprint density at radius 1 is 1.16 bits per heavy atom. The van der Waals surface area contributed by atoms with Gasteiger partial charge in [-0.15, -0.1) is 0 Å². The number of anilines is 1. The van der Waals surface area contributed by atoms with Gasteiger partial charge in [-0.2, -0.15) is 0 Å². The normalized spacial score (nSPS) is 14.6. The number of amides is 2. The van der Waals surface area contributed by atoms with Gasteiger partial charge in [-0.05, 0) is 33.2 Å². The summed E-state index contributed by atoms with van der Waals surface area (Å²) in [5.41, 5.74) is 1.45. The van der Waals surface area contributed by atoms with Gasteiger partial charge >= 0.3 is 12.0 Å². The van der Waals surface area contributed by atoms with E-state index >= 15 is 0 Å². The van der Waals surface area contributed by atoms with Gasteiger partial charge in [0.2, 0.25) is 0 Å². The van der Waals surface area contributed by atoms with Crippen molar-refractivity contribution in [1.82, 2.24) is 15.1 Å². The van der Waals surface area contributed by atoms with Gasteiger partial charge in [0.25, 0.3) is 0 Å². The van der Waals surface area contributed by atoms with Crippen LogP contribution in [0.1, 0.15) is 17.3 Å². The zero-order chi connectivity index (χ0) is 18.2. The molecule has 7 heteroatoms. The Balaban J connectivity index is 1.92. The minimum Gasteiger partial charge on any atom is -0.462 e. The summed E-state index contributed by atoms with van der Waals surface area (Å²) < 4.78 is 5.14. The van der Waals surface area contributed by atoms with Crippen LogP contribution in [-0.4, -0.2) is 81.8 Å². The topological polar surface area (TPSA) is 65.1 Å². The Hall–Kier alpha value is -2.28. The molecule has 1 aliphatic rings. The van der Waals surface area contributed by atoms with Crippen LogP contribution in [0.15, 0.2) is 24.3 Å². The molecule has 7 nitrogen and oxygen atoms in total. The minimum absolute atomic E-state index is 0.0276. The van der Waals surface area contributed by atoms with Crippen molar-refractivity contribution in [2.45, 2.75) is 6.92 Å². The molecule has 0 saturated carbocycles. The predicted octanol–water partition coefficient (Wildman–Crippen LogP) is 1.26. The van der Waals surface area contributed by atoms with Gasteiger partial charge in [-0.3, -0.25) is 0 Å². The molecule has 0 aliphatic carbocycles. The van der Waals surface area contributed by atoms with Crippen LogP contribution in [-0.2, 0) is 4.74 Å². The summed E-state index contributed by atoms with van der Waals surface area (Å²) in [7, 11) is 3.96. The van der Waals surface area contributed by atoms with Gasteiger partial charge < -0.3 is 24.8 Å². The summed E-state index contributed by atoms with van der Waals surface area (Å²) >= 11 is 0. The molecular formula is C18H28N4O3. The lowest BCUT2D eigenvalue weighted by Gasteiger charge is -2.36. The van der Waals surface area contributed by atoms with Crippen molar-refractivity contribution < 1.29 is 14.3 Å². The van der Waals surface area contributed by atoms with Crippen molar-refractivity contribution in [2.24, 2.45) is 0 Å². The molecule has 0 bridgehead atoms. The molecule has 1 aromatic carbocycles. The first kappa shape index (κ1) is 19.1. The number of esters is 1. The van der Waals surface area contributed by atoms with Crippen molar-refractivity contribution in [3.8, 4) is 0 Å². The summed E-state index contributed by atoms with van der Waals surface area (Å²) in [5.74, 6) is -0.304. The molecule has 0 atom stereocenters. The summed E-state index contributed by atoms with van der Waals surface area (Å²) in [4.78, 5) is 30.3. The molecule has 25 heavy (non-hydrogen) atoms. The fourth-order valence-electron chi connectivity index (χ4n) is 2.78. The van der Waals surface area contributed by atoms with Gasteiger partial charge in [0.1, 0.15) is 0 Å². The highest BCUT2D eigenvalue weighted by atomic mass is 16.5. The second-order valence-electron chi connectivity index (χ2n) is 6.25. The van der Waals surface area contributed by atoms with Crippen molar-refractivity contribution in [3.63, 3.8) is 0 Å². The van der Waals surface area contributed by atoms with E-state index in [0.717, 1.165) is 12.2 Å². The first-order chi connectivity index (χ1) is 12.0. The van der Waals surface area contributed by atoms with E-state index in [-0.39, 0.29) is 12.0 Å².